The third-order valence-corrected chi connectivity index (χ3v) is 3.09. The van der Waals surface area contributed by atoms with E-state index in [9.17, 15) is 9.59 Å². The maximum absolute atomic E-state index is 12.4. The van der Waals surface area contributed by atoms with Gasteiger partial charge in [0.15, 0.2) is 5.82 Å². The van der Waals surface area contributed by atoms with Crippen LogP contribution in [0, 0.1) is 0 Å². The van der Waals surface area contributed by atoms with Crippen LogP contribution in [0.1, 0.15) is 6.92 Å². The number of nitrogens with one attached hydrogen (secondary N) is 2. The molecule has 8 nitrogen and oxygen atoms in total. The van der Waals surface area contributed by atoms with Crippen LogP contribution in [-0.2, 0) is 4.79 Å². The average molecular weight is 344 g/mol. The first-order chi connectivity index (χ1) is 12.1. The smallest absolute Gasteiger partial charge is 0.322 e. The summed E-state index contributed by atoms with van der Waals surface area (Å²) >= 11 is 0. The Balaban J connectivity index is 1.94. The van der Waals surface area contributed by atoms with Gasteiger partial charge in [0.25, 0.3) is 0 Å². The van der Waals surface area contributed by atoms with Gasteiger partial charge in [0.1, 0.15) is 18.6 Å². The number of carbonyl (C=O) groups is 2. The Morgan fingerprint density at radius 3 is 2.64 bits per heavy atom. The molecule has 0 fully saturated rings. The first-order valence-corrected chi connectivity index (χ1v) is 7.72. The number of anilines is 2. The highest BCUT2D eigenvalue weighted by Gasteiger charge is 2.17. The highest BCUT2D eigenvalue weighted by atomic mass is 16.5. The lowest BCUT2D eigenvalue weighted by Gasteiger charge is -2.21. The minimum atomic E-state index is -0.417. The number of urea groups is 1. The second-order valence-electron chi connectivity index (χ2n) is 4.99. The van der Waals surface area contributed by atoms with Crippen LogP contribution in [0.2, 0.25) is 0 Å². The molecule has 25 heavy (non-hydrogen) atoms. The summed E-state index contributed by atoms with van der Waals surface area (Å²) in [5, 5.41) is 8.85. The number of hydrogen-bond donors (Lipinski definition) is 2. The molecule has 3 amide bonds. The maximum atomic E-state index is 12.4. The fourth-order valence-corrected chi connectivity index (χ4v) is 2.01. The van der Waals surface area contributed by atoms with Crippen molar-refractivity contribution in [2.45, 2.75) is 6.92 Å². The third kappa shape index (κ3) is 5.69. The van der Waals surface area contributed by atoms with Crippen molar-refractivity contribution >= 4 is 23.4 Å². The highest BCUT2D eigenvalue weighted by molar-refractivity contribution is 5.96. The van der Waals surface area contributed by atoms with E-state index in [1.807, 2.05) is 6.92 Å². The van der Waals surface area contributed by atoms with Gasteiger partial charge < -0.3 is 24.8 Å². The van der Waals surface area contributed by atoms with E-state index in [2.05, 4.69) is 26.9 Å². The standard InChI is InChI=1S/C17H20N4O4/c1-3-10-21(12-16(22)19-15-9-11-25-20-15)17(23)18-13-5-7-14(8-6-13)24-4-2/h3,5-9,11H,1,4,10,12H2,2H3,(H,18,23)(H,19,20,22). The van der Waals surface area contributed by atoms with E-state index in [0.717, 1.165) is 5.75 Å². The van der Waals surface area contributed by atoms with Crippen molar-refractivity contribution in [3.05, 3.63) is 49.2 Å². The van der Waals surface area contributed by atoms with Gasteiger partial charge in [0.05, 0.1) is 6.61 Å². The van der Waals surface area contributed by atoms with E-state index in [-0.39, 0.29) is 18.9 Å². The Labute approximate surface area is 145 Å². The van der Waals surface area contributed by atoms with Gasteiger partial charge in [-0.3, -0.25) is 4.79 Å². The van der Waals surface area contributed by atoms with Crippen LogP contribution >= 0.6 is 0 Å². The molecule has 0 spiro atoms. The summed E-state index contributed by atoms with van der Waals surface area (Å²) in [4.78, 5) is 25.7. The van der Waals surface area contributed by atoms with Crippen LogP contribution in [0.25, 0.3) is 0 Å². The molecule has 0 aliphatic carbocycles. The summed E-state index contributed by atoms with van der Waals surface area (Å²) in [5.74, 6) is 0.614. The molecule has 0 saturated carbocycles. The number of carbonyl (C=O) groups excluding carboxylic acids is 2. The van der Waals surface area contributed by atoms with Crippen LogP contribution in [-0.4, -0.2) is 41.7 Å². The van der Waals surface area contributed by atoms with Gasteiger partial charge >= 0.3 is 6.03 Å². The number of hydrogen-bond acceptors (Lipinski definition) is 5. The molecule has 0 saturated heterocycles. The Morgan fingerprint density at radius 2 is 2.04 bits per heavy atom. The van der Waals surface area contributed by atoms with Gasteiger partial charge in [-0.25, -0.2) is 4.79 Å². The van der Waals surface area contributed by atoms with E-state index in [4.69, 9.17) is 4.74 Å². The van der Waals surface area contributed by atoms with Crippen molar-refractivity contribution in [2.75, 3.05) is 30.3 Å². The van der Waals surface area contributed by atoms with E-state index in [0.29, 0.717) is 12.3 Å². The van der Waals surface area contributed by atoms with Gasteiger partial charge in [-0.1, -0.05) is 11.2 Å². The predicted molar refractivity (Wildman–Crippen MR) is 93.5 cm³/mol. The Bertz CT molecular complexity index is 698. The molecule has 2 N–H and O–H groups in total. The summed E-state index contributed by atoms with van der Waals surface area (Å²) in [6.45, 7) is 6.14. The predicted octanol–water partition coefficient (Wildman–Crippen LogP) is 2.73. The second kappa shape index (κ2) is 9.11. The Morgan fingerprint density at radius 1 is 1.28 bits per heavy atom. The van der Waals surface area contributed by atoms with Crippen molar-refractivity contribution < 1.29 is 18.8 Å². The molecule has 1 heterocycles. The Kier molecular flexibility index (Phi) is 6.58. The number of aromatic nitrogens is 1. The molecule has 0 radical (unpaired) electrons. The molecule has 0 unspecified atom stereocenters. The normalized spacial score (nSPS) is 9.96. The van der Waals surface area contributed by atoms with Gasteiger partial charge in [-0.05, 0) is 31.2 Å². The van der Waals surface area contributed by atoms with Crippen molar-refractivity contribution in [2.24, 2.45) is 0 Å². The molecular weight excluding hydrogens is 324 g/mol. The van der Waals surface area contributed by atoms with Crippen molar-refractivity contribution in [1.29, 1.82) is 0 Å². The quantitative estimate of drug-likeness (QED) is 0.718. The summed E-state index contributed by atoms with van der Waals surface area (Å²) in [5.41, 5.74) is 0.597. The average Bonchev–Trinajstić information content (AvgIpc) is 3.09. The zero-order chi connectivity index (χ0) is 18.1. The Hall–Kier alpha value is -3.29. The van der Waals surface area contributed by atoms with Crippen molar-refractivity contribution in [3.8, 4) is 5.75 Å². The van der Waals surface area contributed by atoms with E-state index in [1.165, 1.54) is 17.2 Å². The SMILES string of the molecule is C=CCN(CC(=O)Nc1ccon1)C(=O)Nc1ccc(OCC)cc1. The fourth-order valence-electron chi connectivity index (χ4n) is 2.01. The maximum Gasteiger partial charge on any atom is 0.322 e. The zero-order valence-electron chi connectivity index (χ0n) is 13.9. The summed E-state index contributed by atoms with van der Waals surface area (Å²) < 4.78 is 9.99. The molecule has 2 rings (SSSR count). The summed E-state index contributed by atoms with van der Waals surface area (Å²) in [7, 11) is 0. The van der Waals surface area contributed by atoms with Crippen LogP contribution in [0.4, 0.5) is 16.3 Å². The molecule has 0 aliphatic rings. The molecule has 0 atom stereocenters. The summed E-state index contributed by atoms with van der Waals surface area (Å²) in [6, 6.07) is 8.06. The lowest BCUT2D eigenvalue weighted by Crippen LogP contribution is -2.40. The first kappa shape index (κ1) is 18.1. The lowest BCUT2D eigenvalue weighted by molar-refractivity contribution is -0.116. The number of ether oxygens (including phenoxy) is 1. The van der Waals surface area contributed by atoms with Gasteiger partial charge in [-0.2, -0.15) is 0 Å². The third-order valence-electron chi connectivity index (χ3n) is 3.09. The number of amides is 3. The number of benzene rings is 1. The minimum absolute atomic E-state index is 0.151. The zero-order valence-corrected chi connectivity index (χ0v) is 13.9. The number of rotatable bonds is 8. The largest absolute Gasteiger partial charge is 0.494 e. The lowest BCUT2D eigenvalue weighted by atomic mass is 10.3. The molecular formula is C17H20N4O4. The monoisotopic (exact) mass is 344 g/mol. The van der Waals surface area contributed by atoms with Crippen molar-refractivity contribution in [3.63, 3.8) is 0 Å². The topological polar surface area (TPSA) is 96.7 Å². The van der Waals surface area contributed by atoms with E-state index in [1.54, 1.807) is 30.3 Å². The molecule has 0 aliphatic heterocycles. The highest BCUT2D eigenvalue weighted by Crippen LogP contribution is 2.16. The summed E-state index contributed by atoms with van der Waals surface area (Å²) in [6.07, 6.45) is 2.89. The molecule has 2 aromatic rings. The van der Waals surface area contributed by atoms with Gasteiger partial charge in [0.2, 0.25) is 5.91 Å². The van der Waals surface area contributed by atoms with Crippen LogP contribution in [0.5, 0.6) is 5.75 Å². The molecule has 132 valence electrons. The number of nitrogens with zero attached hydrogens (tertiary/aromatic N) is 2. The first-order valence-electron chi connectivity index (χ1n) is 7.72. The fraction of sp³-hybridized carbons (Fsp3) is 0.235. The molecule has 1 aromatic heterocycles. The van der Waals surface area contributed by atoms with Crippen molar-refractivity contribution in [1.82, 2.24) is 10.1 Å². The van der Waals surface area contributed by atoms with Crippen LogP contribution in [0.3, 0.4) is 0 Å². The van der Waals surface area contributed by atoms with Crippen LogP contribution in [0.15, 0.2) is 53.8 Å². The molecule has 8 heteroatoms. The van der Waals surface area contributed by atoms with E-state index < -0.39 is 11.9 Å². The van der Waals surface area contributed by atoms with Crippen LogP contribution < -0.4 is 15.4 Å². The van der Waals surface area contributed by atoms with Gasteiger partial charge in [-0.15, -0.1) is 6.58 Å². The second-order valence-corrected chi connectivity index (χ2v) is 4.99. The molecule has 0 bridgehead atoms. The minimum Gasteiger partial charge on any atom is -0.494 e. The van der Waals surface area contributed by atoms with Gasteiger partial charge in [0, 0.05) is 18.3 Å². The van der Waals surface area contributed by atoms with E-state index >= 15 is 0 Å². The molecule has 1 aromatic carbocycles.